The van der Waals surface area contributed by atoms with Gasteiger partial charge in [0, 0.05) is 28.9 Å². The summed E-state index contributed by atoms with van der Waals surface area (Å²) in [5, 5.41) is 24.5. The Morgan fingerprint density at radius 1 is 1.08 bits per heavy atom. The zero-order valence-electron chi connectivity index (χ0n) is 14.2. The van der Waals surface area contributed by atoms with Crippen LogP contribution in [-0.2, 0) is 12.8 Å². The van der Waals surface area contributed by atoms with E-state index in [0.717, 1.165) is 67.5 Å². The summed E-state index contributed by atoms with van der Waals surface area (Å²) < 4.78 is 0. The van der Waals surface area contributed by atoms with Crippen LogP contribution in [0.4, 0.5) is 5.69 Å². The first kappa shape index (κ1) is 15.5. The van der Waals surface area contributed by atoms with Crippen LogP contribution in [0.25, 0.3) is 10.9 Å². The minimum atomic E-state index is -0.102. The van der Waals surface area contributed by atoms with Crippen LogP contribution in [0, 0.1) is 0 Å². The van der Waals surface area contributed by atoms with E-state index in [1.807, 2.05) is 0 Å². The third kappa shape index (κ3) is 2.77. The molecule has 1 aromatic heterocycles. The fourth-order valence-corrected chi connectivity index (χ4v) is 4.04. The van der Waals surface area contributed by atoms with E-state index in [9.17, 15) is 10.2 Å². The zero-order chi connectivity index (χ0) is 16.7. The molecular formula is C19H25N3O2. The number of nitrogens with zero attached hydrogens (tertiary/aromatic N) is 2. The Morgan fingerprint density at radius 2 is 1.92 bits per heavy atom. The van der Waals surface area contributed by atoms with Crippen LogP contribution >= 0.6 is 0 Å². The van der Waals surface area contributed by atoms with Gasteiger partial charge in [-0.05, 0) is 70.3 Å². The highest BCUT2D eigenvalue weighted by molar-refractivity contribution is 5.96. The summed E-state index contributed by atoms with van der Waals surface area (Å²) in [6, 6.07) is 3.68. The summed E-state index contributed by atoms with van der Waals surface area (Å²) in [4.78, 5) is 7.11. The van der Waals surface area contributed by atoms with E-state index >= 15 is 0 Å². The van der Waals surface area contributed by atoms with Gasteiger partial charge in [0.05, 0.1) is 5.52 Å². The second-order valence-electron chi connectivity index (χ2n) is 7.20. The van der Waals surface area contributed by atoms with E-state index in [1.165, 1.54) is 12.0 Å². The maximum Gasteiger partial charge on any atom is 0.159 e. The Bertz CT molecular complexity index is 775. The second kappa shape index (κ2) is 6.13. The fraction of sp³-hybridized carbons (Fsp3) is 0.526. The molecule has 24 heavy (non-hydrogen) atoms. The second-order valence-corrected chi connectivity index (χ2v) is 7.20. The summed E-state index contributed by atoms with van der Waals surface area (Å²) in [7, 11) is 2.18. The first-order valence-electron chi connectivity index (χ1n) is 8.94. The average Bonchev–Trinajstić information content (AvgIpc) is 2.92. The number of phenols is 2. The fourth-order valence-electron chi connectivity index (χ4n) is 4.04. The topological polar surface area (TPSA) is 68.6 Å². The number of rotatable bonds is 2. The highest BCUT2D eigenvalue weighted by atomic mass is 16.3. The van der Waals surface area contributed by atoms with Crippen LogP contribution in [0.15, 0.2) is 12.1 Å². The van der Waals surface area contributed by atoms with Crippen molar-refractivity contribution in [3.63, 3.8) is 0 Å². The quantitative estimate of drug-likeness (QED) is 0.740. The molecule has 1 aliphatic carbocycles. The summed E-state index contributed by atoms with van der Waals surface area (Å²) in [6.07, 6.45) is 6.64. The van der Waals surface area contributed by atoms with Crippen molar-refractivity contribution in [1.82, 2.24) is 9.88 Å². The lowest BCUT2D eigenvalue weighted by molar-refractivity contribution is 0.348. The maximum absolute atomic E-state index is 9.96. The van der Waals surface area contributed by atoms with Gasteiger partial charge in [-0.1, -0.05) is 0 Å². The summed E-state index contributed by atoms with van der Waals surface area (Å²) in [5.41, 5.74) is 4.32. The van der Waals surface area contributed by atoms with E-state index in [4.69, 9.17) is 4.98 Å². The molecule has 1 fully saturated rings. The number of fused-ring (bicyclic) bond motifs is 2. The Kier molecular flexibility index (Phi) is 3.96. The molecule has 1 atom stereocenters. The Morgan fingerprint density at radius 3 is 2.79 bits per heavy atom. The third-order valence-electron chi connectivity index (χ3n) is 5.41. The number of aryl methyl sites for hydroxylation is 1. The minimum absolute atomic E-state index is 0.0779. The van der Waals surface area contributed by atoms with Crippen LogP contribution in [-0.4, -0.2) is 46.3 Å². The predicted octanol–water partition coefficient (Wildman–Crippen LogP) is 3.03. The van der Waals surface area contributed by atoms with E-state index in [-0.39, 0.29) is 11.5 Å². The normalized spacial score (nSPS) is 21.6. The van der Waals surface area contributed by atoms with Gasteiger partial charge in [-0.2, -0.15) is 0 Å². The number of aromatic hydroxyl groups is 2. The Balaban J connectivity index is 1.76. The molecule has 5 nitrogen and oxygen atoms in total. The molecule has 3 N–H and O–H groups in total. The van der Waals surface area contributed by atoms with E-state index in [0.29, 0.717) is 6.04 Å². The zero-order valence-corrected chi connectivity index (χ0v) is 14.2. The van der Waals surface area contributed by atoms with Crippen molar-refractivity contribution in [2.75, 3.05) is 25.5 Å². The molecule has 1 aromatic carbocycles. The molecule has 0 spiro atoms. The molecule has 5 heteroatoms. The summed E-state index contributed by atoms with van der Waals surface area (Å²) in [6.45, 7) is 2.26. The Hall–Kier alpha value is -2.01. The highest BCUT2D eigenvalue weighted by Gasteiger charge is 2.23. The van der Waals surface area contributed by atoms with Gasteiger partial charge in [0.2, 0.25) is 0 Å². The van der Waals surface area contributed by atoms with Crippen molar-refractivity contribution >= 4 is 16.6 Å². The van der Waals surface area contributed by atoms with Crippen molar-refractivity contribution in [2.45, 2.75) is 44.6 Å². The Labute approximate surface area is 142 Å². The van der Waals surface area contributed by atoms with Crippen LogP contribution in [0.3, 0.4) is 0 Å². The maximum atomic E-state index is 9.96. The number of anilines is 1. The van der Waals surface area contributed by atoms with E-state index in [2.05, 4.69) is 17.3 Å². The smallest absolute Gasteiger partial charge is 0.159 e. The van der Waals surface area contributed by atoms with Gasteiger partial charge in [-0.15, -0.1) is 0 Å². The van der Waals surface area contributed by atoms with Crippen LogP contribution in [0.2, 0.25) is 0 Å². The van der Waals surface area contributed by atoms with Crippen molar-refractivity contribution in [2.24, 2.45) is 0 Å². The highest BCUT2D eigenvalue weighted by Crippen LogP contribution is 2.39. The van der Waals surface area contributed by atoms with Gasteiger partial charge in [0.25, 0.3) is 0 Å². The minimum Gasteiger partial charge on any atom is -0.504 e. The summed E-state index contributed by atoms with van der Waals surface area (Å²) >= 11 is 0. The molecule has 0 bridgehead atoms. The van der Waals surface area contributed by atoms with Crippen molar-refractivity contribution in [3.8, 4) is 11.5 Å². The van der Waals surface area contributed by atoms with Gasteiger partial charge in [-0.3, -0.25) is 4.98 Å². The van der Waals surface area contributed by atoms with Crippen LogP contribution < -0.4 is 5.32 Å². The van der Waals surface area contributed by atoms with Crippen molar-refractivity contribution in [1.29, 1.82) is 0 Å². The lowest BCUT2D eigenvalue weighted by Gasteiger charge is -2.22. The first-order valence-corrected chi connectivity index (χ1v) is 8.94. The van der Waals surface area contributed by atoms with Gasteiger partial charge < -0.3 is 20.4 Å². The van der Waals surface area contributed by atoms with Gasteiger partial charge >= 0.3 is 0 Å². The monoisotopic (exact) mass is 327 g/mol. The third-order valence-corrected chi connectivity index (χ3v) is 5.41. The number of hydrogen-bond donors (Lipinski definition) is 3. The number of hydrogen-bond acceptors (Lipinski definition) is 5. The van der Waals surface area contributed by atoms with E-state index < -0.39 is 0 Å². The number of aromatic nitrogens is 1. The molecule has 2 heterocycles. The molecule has 1 aliphatic heterocycles. The lowest BCUT2D eigenvalue weighted by Crippen LogP contribution is -2.23. The van der Waals surface area contributed by atoms with Gasteiger partial charge in [-0.25, -0.2) is 0 Å². The molecule has 0 amide bonds. The SMILES string of the molecule is CN1CCCC(Nc2c3c(nc4cc(O)c(O)cc24)CCC3)CC1. The van der Waals surface area contributed by atoms with E-state index in [1.54, 1.807) is 12.1 Å². The molecule has 1 saturated heterocycles. The molecule has 0 saturated carbocycles. The molecule has 128 valence electrons. The average molecular weight is 327 g/mol. The number of likely N-dealkylation sites (tertiary alicyclic amines) is 1. The molecule has 1 unspecified atom stereocenters. The number of benzene rings is 1. The molecule has 2 aliphatic rings. The van der Waals surface area contributed by atoms with Crippen molar-refractivity contribution in [3.05, 3.63) is 23.4 Å². The molecule has 4 rings (SSSR count). The molecule has 0 radical (unpaired) electrons. The number of nitrogens with one attached hydrogen (secondary N) is 1. The first-order chi connectivity index (χ1) is 11.6. The van der Waals surface area contributed by atoms with Crippen LogP contribution in [0.1, 0.15) is 36.9 Å². The number of pyridine rings is 1. The van der Waals surface area contributed by atoms with Gasteiger partial charge in [0.1, 0.15) is 0 Å². The largest absolute Gasteiger partial charge is 0.504 e. The standard InChI is InChI=1S/C19H25N3O2/c1-22-8-3-4-12(7-9-22)20-19-13-5-2-6-15(13)21-16-11-18(24)17(23)10-14(16)19/h10-12,23-24H,2-9H2,1H3,(H,20,21). The summed E-state index contributed by atoms with van der Waals surface area (Å²) in [5.74, 6) is -0.180. The molecular weight excluding hydrogens is 302 g/mol. The van der Waals surface area contributed by atoms with Gasteiger partial charge in [0.15, 0.2) is 11.5 Å². The van der Waals surface area contributed by atoms with Crippen LogP contribution in [0.5, 0.6) is 11.5 Å². The number of phenolic OH excluding ortho intramolecular Hbond substituents is 2. The van der Waals surface area contributed by atoms with Crippen molar-refractivity contribution < 1.29 is 10.2 Å². The molecule has 2 aromatic rings. The predicted molar refractivity (Wildman–Crippen MR) is 95.9 cm³/mol. The lowest BCUT2D eigenvalue weighted by atomic mass is 10.0.